The minimum atomic E-state index is 0.574. The first-order chi connectivity index (χ1) is 10.7. The van der Waals surface area contributed by atoms with Crippen LogP contribution in [-0.4, -0.2) is 35.6 Å². The molecule has 0 amide bonds. The number of nitrogens with one attached hydrogen (secondary N) is 2. The zero-order chi connectivity index (χ0) is 15.1. The van der Waals surface area contributed by atoms with Crippen molar-refractivity contribution in [3.63, 3.8) is 0 Å². The first kappa shape index (κ1) is 14.4. The van der Waals surface area contributed by atoms with E-state index in [1.54, 1.807) is 9.78 Å². The van der Waals surface area contributed by atoms with Crippen LogP contribution in [0.1, 0.15) is 42.5 Å². The lowest BCUT2D eigenvalue weighted by Gasteiger charge is -2.29. The maximum Gasteiger partial charge on any atom is 0.139 e. The van der Waals surface area contributed by atoms with E-state index in [2.05, 4.69) is 17.2 Å². The molecule has 4 rings (SSSR count). The molecule has 0 spiro atoms. The summed E-state index contributed by atoms with van der Waals surface area (Å²) in [6.45, 7) is 8.11. The number of quaternary nitrogens is 1. The molecule has 0 bridgehead atoms. The van der Waals surface area contributed by atoms with Gasteiger partial charge in [-0.05, 0) is 38.7 Å². The van der Waals surface area contributed by atoms with Gasteiger partial charge in [0.2, 0.25) is 0 Å². The Bertz CT molecular complexity index is 686. The Kier molecular flexibility index (Phi) is 3.78. The second-order valence-corrected chi connectivity index (χ2v) is 7.76. The number of fused-ring (bicyclic) bond motifs is 3. The molecule has 22 heavy (non-hydrogen) atoms. The van der Waals surface area contributed by atoms with Crippen molar-refractivity contribution in [2.24, 2.45) is 0 Å². The summed E-state index contributed by atoms with van der Waals surface area (Å²) in [5.74, 6) is 2.00. The molecule has 5 heteroatoms. The molecule has 2 N–H and O–H groups in total. The van der Waals surface area contributed by atoms with E-state index in [0.717, 1.165) is 11.6 Å². The van der Waals surface area contributed by atoms with Crippen molar-refractivity contribution in [1.82, 2.24) is 9.97 Å². The lowest BCUT2D eigenvalue weighted by molar-refractivity contribution is -0.903. The highest BCUT2D eigenvalue weighted by atomic mass is 32.1. The predicted octanol–water partition coefficient (Wildman–Crippen LogP) is 1.97. The Hall–Kier alpha value is -1.20. The predicted molar refractivity (Wildman–Crippen MR) is 92.1 cm³/mol. The maximum absolute atomic E-state index is 4.76. The van der Waals surface area contributed by atoms with Crippen LogP contribution in [0.2, 0.25) is 0 Å². The van der Waals surface area contributed by atoms with E-state index >= 15 is 0 Å². The number of piperidine rings is 1. The molecule has 2 aromatic heterocycles. The summed E-state index contributed by atoms with van der Waals surface area (Å²) in [4.78, 5) is 13.9. The number of anilines is 1. The average Bonchev–Trinajstić information content (AvgIpc) is 3.08. The molecule has 1 saturated heterocycles. The largest absolute Gasteiger partial charge is 0.366 e. The fourth-order valence-corrected chi connectivity index (χ4v) is 5.23. The zero-order valence-corrected chi connectivity index (χ0v) is 14.4. The third kappa shape index (κ3) is 2.50. The van der Waals surface area contributed by atoms with Gasteiger partial charge in [0.15, 0.2) is 0 Å². The Balaban J connectivity index is 1.64. The number of hydrogen-bond donors (Lipinski definition) is 2. The van der Waals surface area contributed by atoms with Gasteiger partial charge in [-0.2, -0.15) is 0 Å². The van der Waals surface area contributed by atoms with Crippen molar-refractivity contribution >= 4 is 27.4 Å². The SMILES string of the molecule is CC[NH+]1CCC(Nc2nc(C)nc3sc4c(c23)CCC4)CC1. The van der Waals surface area contributed by atoms with E-state index in [4.69, 9.17) is 4.98 Å². The topological polar surface area (TPSA) is 42.2 Å². The van der Waals surface area contributed by atoms with Crippen LogP contribution in [0.15, 0.2) is 0 Å². The fourth-order valence-electron chi connectivity index (χ4n) is 3.92. The molecule has 0 aromatic carbocycles. The van der Waals surface area contributed by atoms with Crippen LogP contribution in [0.3, 0.4) is 0 Å². The maximum atomic E-state index is 4.76. The van der Waals surface area contributed by atoms with E-state index in [0.29, 0.717) is 6.04 Å². The van der Waals surface area contributed by atoms with Gasteiger partial charge in [-0.1, -0.05) is 0 Å². The molecule has 1 aliphatic heterocycles. The second-order valence-electron chi connectivity index (χ2n) is 6.68. The van der Waals surface area contributed by atoms with Crippen LogP contribution in [-0.2, 0) is 12.8 Å². The summed E-state index contributed by atoms with van der Waals surface area (Å²) in [5.41, 5.74) is 1.53. The standard InChI is InChI=1S/C17H24N4S/c1-3-21-9-7-12(8-10-21)20-16-15-13-5-4-6-14(13)22-17(15)19-11(2)18-16/h12H,3-10H2,1-2H3,(H,18,19,20)/p+1. The van der Waals surface area contributed by atoms with Crippen LogP contribution in [0.5, 0.6) is 0 Å². The molecule has 0 unspecified atom stereocenters. The number of likely N-dealkylation sites (tertiary alicyclic amines) is 1. The van der Waals surface area contributed by atoms with Gasteiger partial charge in [0.25, 0.3) is 0 Å². The zero-order valence-electron chi connectivity index (χ0n) is 13.5. The highest BCUT2D eigenvalue weighted by molar-refractivity contribution is 7.19. The first-order valence-electron chi connectivity index (χ1n) is 8.63. The van der Waals surface area contributed by atoms with Gasteiger partial charge in [0.05, 0.1) is 25.0 Å². The van der Waals surface area contributed by atoms with Gasteiger partial charge in [-0.25, -0.2) is 9.97 Å². The molecule has 2 aliphatic rings. The minimum Gasteiger partial charge on any atom is -0.366 e. The molecule has 1 aliphatic carbocycles. The molecule has 2 aromatic rings. The molecule has 4 nitrogen and oxygen atoms in total. The van der Waals surface area contributed by atoms with Crippen molar-refractivity contribution in [1.29, 1.82) is 0 Å². The van der Waals surface area contributed by atoms with Gasteiger partial charge >= 0.3 is 0 Å². The van der Waals surface area contributed by atoms with E-state index in [-0.39, 0.29) is 0 Å². The number of nitrogens with zero attached hydrogens (tertiary/aromatic N) is 2. The summed E-state index contributed by atoms with van der Waals surface area (Å²) in [6, 6.07) is 0.574. The molecule has 118 valence electrons. The molecule has 0 atom stereocenters. The smallest absolute Gasteiger partial charge is 0.139 e. The van der Waals surface area contributed by atoms with Crippen molar-refractivity contribution < 1.29 is 4.90 Å². The summed E-state index contributed by atoms with van der Waals surface area (Å²) < 4.78 is 0. The van der Waals surface area contributed by atoms with Crippen LogP contribution < -0.4 is 10.2 Å². The van der Waals surface area contributed by atoms with Gasteiger partial charge in [-0.3, -0.25) is 0 Å². The summed E-state index contributed by atoms with van der Waals surface area (Å²) >= 11 is 1.89. The van der Waals surface area contributed by atoms with Gasteiger partial charge in [0.1, 0.15) is 16.5 Å². The normalized spacial score (nSPS) is 24.6. The molecule has 1 fully saturated rings. The van der Waals surface area contributed by atoms with Gasteiger partial charge < -0.3 is 10.2 Å². The Morgan fingerprint density at radius 2 is 2.05 bits per heavy atom. The Morgan fingerprint density at radius 3 is 2.82 bits per heavy atom. The van der Waals surface area contributed by atoms with Crippen molar-refractivity contribution in [3.8, 4) is 0 Å². The number of rotatable bonds is 3. The van der Waals surface area contributed by atoms with E-state index in [1.807, 2.05) is 18.3 Å². The van der Waals surface area contributed by atoms with E-state index in [1.165, 1.54) is 67.5 Å². The van der Waals surface area contributed by atoms with E-state index in [9.17, 15) is 0 Å². The highest BCUT2D eigenvalue weighted by Crippen LogP contribution is 2.39. The molecule has 0 radical (unpaired) electrons. The van der Waals surface area contributed by atoms with Gasteiger partial charge in [0, 0.05) is 23.8 Å². The molecular formula is C17H25N4S+. The summed E-state index contributed by atoms with van der Waals surface area (Å²) in [7, 11) is 0. The summed E-state index contributed by atoms with van der Waals surface area (Å²) in [5, 5.41) is 5.09. The monoisotopic (exact) mass is 317 g/mol. The van der Waals surface area contributed by atoms with Crippen LogP contribution in [0, 0.1) is 6.92 Å². The molecule has 0 saturated carbocycles. The first-order valence-corrected chi connectivity index (χ1v) is 9.45. The lowest BCUT2D eigenvalue weighted by Crippen LogP contribution is -3.13. The van der Waals surface area contributed by atoms with Crippen molar-refractivity contribution in [2.75, 3.05) is 25.0 Å². The average molecular weight is 317 g/mol. The third-order valence-electron chi connectivity index (χ3n) is 5.21. The third-order valence-corrected chi connectivity index (χ3v) is 6.40. The minimum absolute atomic E-state index is 0.574. The van der Waals surface area contributed by atoms with Crippen LogP contribution in [0.4, 0.5) is 5.82 Å². The number of aryl methyl sites for hydroxylation is 3. The number of aromatic nitrogens is 2. The summed E-state index contributed by atoms with van der Waals surface area (Å²) in [6.07, 6.45) is 6.23. The molecular weight excluding hydrogens is 292 g/mol. The van der Waals surface area contributed by atoms with Crippen LogP contribution >= 0.6 is 11.3 Å². The van der Waals surface area contributed by atoms with Crippen LogP contribution in [0.25, 0.3) is 10.2 Å². The Morgan fingerprint density at radius 1 is 1.23 bits per heavy atom. The number of hydrogen-bond acceptors (Lipinski definition) is 4. The number of thiophene rings is 1. The fraction of sp³-hybridized carbons (Fsp3) is 0.647. The second kappa shape index (κ2) is 5.78. The van der Waals surface area contributed by atoms with Gasteiger partial charge in [-0.15, -0.1) is 11.3 Å². The molecule has 3 heterocycles. The van der Waals surface area contributed by atoms with Crippen molar-refractivity contribution in [3.05, 3.63) is 16.3 Å². The van der Waals surface area contributed by atoms with E-state index < -0.39 is 0 Å². The van der Waals surface area contributed by atoms with Crippen molar-refractivity contribution in [2.45, 2.75) is 52.0 Å². The quantitative estimate of drug-likeness (QED) is 0.909. The highest BCUT2D eigenvalue weighted by Gasteiger charge is 2.25. The Labute approximate surface area is 136 Å². The lowest BCUT2D eigenvalue weighted by atomic mass is 10.0.